The van der Waals surface area contributed by atoms with Crippen LogP contribution in [-0.2, 0) is 14.3 Å². The Morgan fingerprint density at radius 1 is 1.35 bits per heavy atom. The fourth-order valence-corrected chi connectivity index (χ4v) is 1.50. The number of nitrogens with zero attached hydrogens (tertiary/aromatic N) is 1. The molecule has 5 nitrogen and oxygen atoms in total. The zero-order valence-electron chi connectivity index (χ0n) is 11.1. The molecule has 0 saturated carbocycles. The quantitative estimate of drug-likeness (QED) is 0.644. The highest BCUT2D eigenvalue weighted by atomic mass is 16.5. The number of ether oxygens (including phenoxy) is 1. The molecule has 0 saturated heterocycles. The molecule has 1 amide bonds. The van der Waals surface area contributed by atoms with Crippen LogP contribution < -0.4 is 5.73 Å². The highest BCUT2D eigenvalue weighted by Gasteiger charge is 2.17. The first kappa shape index (κ1) is 15.9. The fourth-order valence-electron chi connectivity index (χ4n) is 1.50. The van der Waals surface area contributed by atoms with E-state index in [1.165, 1.54) is 7.11 Å². The minimum absolute atomic E-state index is 0.0525. The van der Waals surface area contributed by atoms with Gasteiger partial charge in [-0.3, -0.25) is 9.59 Å². The number of methoxy groups -OCH3 is 1. The Balaban J connectivity index is 3.84. The Morgan fingerprint density at radius 3 is 2.53 bits per heavy atom. The minimum Gasteiger partial charge on any atom is -0.469 e. The normalized spacial score (nSPS) is 12.0. The van der Waals surface area contributed by atoms with E-state index >= 15 is 0 Å². The number of carbonyl (C=O) groups is 2. The lowest BCUT2D eigenvalue weighted by Gasteiger charge is -2.21. The molecule has 0 aliphatic rings. The molecule has 1 unspecified atom stereocenters. The number of nitrogens with two attached hydrogens (primary N) is 1. The third kappa shape index (κ3) is 6.94. The van der Waals surface area contributed by atoms with Crippen LogP contribution in [0, 0.1) is 0 Å². The Bertz CT molecular complexity index is 244. The molecule has 0 fully saturated rings. The topological polar surface area (TPSA) is 72.6 Å². The second-order valence-corrected chi connectivity index (χ2v) is 4.19. The van der Waals surface area contributed by atoms with E-state index in [4.69, 9.17) is 5.73 Å². The molecule has 0 spiro atoms. The maximum absolute atomic E-state index is 11.8. The molecule has 0 aliphatic heterocycles. The predicted octanol–water partition coefficient (Wildman–Crippen LogP) is 0.915. The highest BCUT2D eigenvalue weighted by molar-refractivity contribution is 5.81. The molecule has 100 valence electrons. The summed E-state index contributed by atoms with van der Waals surface area (Å²) >= 11 is 0. The summed E-state index contributed by atoms with van der Waals surface area (Å²) in [4.78, 5) is 24.3. The molecular formula is C12H24N2O3. The van der Waals surface area contributed by atoms with Gasteiger partial charge in [0.2, 0.25) is 5.91 Å². The lowest BCUT2D eigenvalue weighted by Crippen LogP contribution is -2.42. The molecule has 0 aliphatic carbocycles. The van der Waals surface area contributed by atoms with Crippen molar-refractivity contribution in [1.29, 1.82) is 0 Å². The van der Waals surface area contributed by atoms with Crippen LogP contribution in [0.4, 0.5) is 0 Å². The molecule has 1 atom stereocenters. The summed E-state index contributed by atoms with van der Waals surface area (Å²) in [6, 6.07) is -0.418. The van der Waals surface area contributed by atoms with Gasteiger partial charge in [-0.05, 0) is 12.8 Å². The number of esters is 1. The Kier molecular flexibility index (Phi) is 8.40. The van der Waals surface area contributed by atoms with Crippen LogP contribution in [0.3, 0.4) is 0 Å². The first-order valence-electron chi connectivity index (χ1n) is 6.10. The molecule has 0 aromatic carbocycles. The van der Waals surface area contributed by atoms with E-state index < -0.39 is 6.04 Å². The summed E-state index contributed by atoms with van der Waals surface area (Å²) in [7, 11) is 3.07. The third-order valence-corrected chi connectivity index (χ3v) is 2.66. The lowest BCUT2D eigenvalue weighted by atomic mass is 10.1. The van der Waals surface area contributed by atoms with Gasteiger partial charge in [-0.25, -0.2) is 0 Å². The number of rotatable bonds is 8. The smallest absolute Gasteiger partial charge is 0.305 e. The van der Waals surface area contributed by atoms with Crippen LogP contribution in [-0.4, -0.2) is 43.5 Å². The van der Waals surface area contributed by atoms with Gasteiger partial charge >= 0.3 is 5.97 Å². The van der Waals surface area contributed by atoms with Crippen LogP contribution in [0.25, 0.3) is 0 Å². The molecule has 17 heavy (non-hydrogen) atoms. The van der Waals surface area contributed by atoms with Crippen molar-refractivity contribution in [3.8, 4) is 0 Å². The molecule has 0 aromatic rings. The van der Waals surface area contributed by atoms with Crippen LogP contribution in [0.2, 0.25) is 0 Å². The zero-order valence-corrected chi connectivity index (χ0v) is 11.1. The molecule has 5 heteroatoms. The monoisotopic (exact) mass is 244 g/mol. The number of hydrogen-bond donors (Lipinski definition) is 1. The molecule has 2 N–H and O–H groups in total. The van der Waals surface area contributed by atoms with Gasteiger partial charge < -0.3 is 15.4 Å². The number of amides is 1. The van der Waals surface area contributed by atoms with Crippen molar-refractivity contribution in [2.24, 2.45) is 5.73 Å². The summed E-state index contributed by atoms with van der Waals surface area (Å²) in [6.07, 6.45) is 3.65. The maximum atomic E-state index is 11.8. The van der Waals surface area contributed by atoms with Gasteiger partial charge in [-0.1, -0.05) is 19.8 Å². The maximum Gasteiger partial charge on any atom is 0.305 e. The van der Waals surface area contributed by atoms with Crippen molar-refractivity contribution in [2.75, 3.05) is 20.7 Å². The van der Waals surface area contributed by atoms with E-state index in [1.54, 1.807) is 11.9 Å². The SMILES string of the molecule is CCCCC(N)C(=O)N(C)CCCC(=O)OC. The molecule has 0 radical (unpaired) electrons. The Hall–Kier alpha value is -1.10. The first-order valence-corrected chi connectivity index (χ1v) is 6.10. The summed E-state index contributed by atoms with van der Waals surface area (Å²) in [5.41, 5.74) is 5.78. The van der Waals surface area contributed by atoms with Crippen molar-refractivity contribution in [2.45, 2.75) is 45.1 Å². The molecule has 0 heterocycles. The lowest BCUT2D eigenvalue weighted by molar-refractivity contribution is -0.141. The van der Waals surface area contributed by atoms with Crippen molar-refractivity contribution in [3.05, 3.63) is 0 Å². The van der Waals surface area contributed by atoms with Gasteiger partial charge in [0.05, 0.1) is 13.2 Å². The molecule has 0 rings (SSSR count). The predicted molar refractivity (Wildman–Crippen MR) is 66.4 cm³/mol. The minimum atomic E-state index is -0.418. The van der Waals surface area contributed by atoms with E-state index in [0.29, 0.717) is 19.4 Å². The van der Waals surface area contributed by atoms with E-state index in [1.807, 2.05) is 0 Å². The van der Waals surface area contributed by atoms with Crippen molar-refractivity contribution in [1.82, 2.24) is 4.90 Å². The molecule has 0 bridgehead atoms. The van der Waals surface area contributed by atoms with E-state index in [9.17, 15) is 9.59 Å². The second-order valence-electron chi connectivity index (χ2n) is 4.19. The molecule has 0 aromatic heterocycles. The standard InChI is InChI=1S/C12H24N2O3/c1-4-5-7-10(13)12(16)14(2)9-6-8-11(15)17-3/h10H,4-9,13H2,1-3H3. The highest BCUT2D eigenvalue weighted by Crippen LogP contribution is 2.03. The summed E-state index contributed by atoms with van der Waals surface area (Å²) in [5, 5.41) is 0. The first-order chi connectivity index (χ1) is 8.02. The number of carbonyl (C=O) groups excluding carboxylic acids is 2. The average Bonchev–Trinajstić information content (AvgIpc) is 2.34. The van der Waals surface area contributed by atoms with Gasteiger partial charge in [0.15, 0.2) is 0 Å². The summed E-state index contributed by atoms with van der Waals surface area (Å²) < 4.78 is 4.53. The van der Waals surface area contributed by atoms with Gasteiger partial charge in [0.1, 0.15) is 0 Å². The van der Waals surface area contributed by atoms with E-state index in [-0.39, 0.29) is 11.9 Å². The van der Waals surface area contributed by atoms with E-state index in [0.717, 1.165) is 19.3 Å². The van der Waals surface area contributed by atoms with Crippen LogP contribution in [0.15, 0.2) is 0 Å². The number of hydrogen-bond acceptors (Lipinski definition) is 4. The van der Waals surface area contributed by atoms with Crippen molar-refractivity contribution in [3.63, 3.8) is 0 Å². The van der Waals surface area contributed by atoms with Gasteiger partial charge in [-0.2, -0.15) is 0 Å². The summed E-state index contributed by atoms with van der Waals surface area (Å²) in [5.74, 6) is -0.301. The number of unbranched alkanes of at least 4 members (excludes halogenated alkanes) is 1. The largest absolute Gasteiger partial charge is 0.469 e. The van der Waals surface area contributed by atoms with Gasteiger partial charge in [0, 0.05) is 20.0 Å². The van der Waals surface area contributed by atoms with Crippen molar-refractivity contribution >= 4 is 11.9 Å². The third-order valence-electron chi connectivity index (χ3n) is 2.66. The van der Waals surface area contributed by atoms with Gasteiger partial charge in [-0.15, -0.1) is 0 Å². The fraction of sp³-hybridized carbons (Fsp3) is 0.833. The second kappa shape index (κ2) is 8.98. The van der Waals surface area contributed by atoms with Crippen LogP contribution >= 0.6 is 0 Å². The molecular weight excluding hydrogens is 220 g/mol. The average molecular weight is 244 g/mol. The Labute approximate surface area is 103 Å². The number of likely N-dealkylation sites (N-methyl/N-ethyl adjacent to an activating group) is 1. The van der Waals surface area contributed by atoms with Crippen LogP contribution in [0.1, 0.15) is 39.0 Å². The zero-order chi connectivity index (χ0) is 13.3. The Morgan fingerprint density at radius 2 is 2.00 bits per heavy atom. The van der Waals surface area contributed by atoms with Crippen molar-refractivity contribution < 1.29 is 14.3 Å². The van der Waals surface area contributed by atoms with E-state index in [2.05, 4.69) is 11.7 Å². The van der Waals surface area contributed by atoms with Crippen LogP contribution in [0.5, 0.6) is 0 Å². The summed E-state index contributed by atoms with van der Waals surface area (Å²) in [6.45, 7) is 2.60. The van der Waals surface area contributed by atoms with Gasteiger partial charge in [0.25, 0.3) is 0 Å².